The van der Waals surface area contributed by atoms with E-state index in [1.807, 2.05) is 30.5 Å². The summed E-state index contributed by atoms with van der Waals surface area (Å²) >= 11 is 0. The molecule has 0 atom stereocenters. The summed E-state index contributed by atoms with van der Waals surface area (Å²) in [7, 11) is 0. The normalized spacial score (nSPS) is 14.0. The number of ether oxygens (including phenoxy) is 1. The highest BCUT2D eigenvalue weighted by atomic mass is 16.5. The van der Waals surface area contributed by atoms with Gasteiger partial charge in [0.15, 0.2) is 5.78 Å². The Bertz CT molecular complexity index is 934. The van der Waals surface area contributed by atoms with Crippen molar-refractivity contribution >= 4 is 16.7 Å². The number of rotatable bonds is 6. The summed E-state index contributed by atoms with van der Waals surface area (Å²) in [6, 6.07) is 14.3. The van der Waals surface area contributed by atoms with E-state index in [-0.39, 0.29) is 5.92 Å². The average molecular weight is 333 g/mol. The minimum atomic E-state index is 0.242. The Hall–Kier alpha value is -2.55. The Balaban J connectivity index is 1.53. The molecule has 1 aromatic heterocycles. The number of aryl methyl sites for hydroxylation is 2. The fourth-order valence-electron chi connectivity index (χ4n) is 3.26. The summed E-state index contributed by atoms with van der Waals surface area (Å²) < 4.78 is 8.06. The highest BCUT2D eigenvalue weighted by Gasteiger charge is 2.32. The van der Waals surface area contributed by atoms with Crippen LogP contribution in [0.3, 0.4) is 0 Å². The minimum absolute atomic E-state index is 0.242. The van der Waals surface area contributed by atoms with Gasteiger partial charge in [0.2, 0.25) is 0 Å². The lowest BCUT2D eigenvalue weighted by Crippen LogP contribution is -2.07. The van der Waals surface area contributed by atoms with Gasteiger partial charge >= 0.3 is 0 Å². The van der Waals surface area contributed by atoms with Gasteiger partial charge in [-0.15, -0.1) is 0 Å². The van der Waals surface area contributed by atoms with E-state index in [2.05, 4.69) is 36.6 Å². The van der Waals surface area contributed by atoms with Crippen LogP contribution in [-0.2, 0) is 6.54 Å². The highest BCUT2D eigenvalue weighted by Crippen LogP contribution is 2.35. The van der Waals surface area contributed by atoms with Crippen LogP contribution in [0.4, 0.5) is 0 Å². The monoisotopic (exact) mass is 333 g/mol. The number of aromatic nitrogens is 1. The third-order valence-electron chi connectivity index (χ3n) is 5.08. The zero-order valence-corrected chi connectivity index (χ0v) is 14.8. The molecule has 4 rings (SSSR count). The lowest BCUT2D eigenvalue weighted by Gasteiger charge is -2.10. The quantitative estimate of drug-likeness (QED) is 0.599. The van der Waals surface area contributed by atoms with Gasteiger partial charge in [0.1, 0.15) is 12.4 Å². The van der Waals surface area contributed by atoms with Crippen LogP contribution in [0.25, 0.3) is 10.9 Å². The third kappa shape index (κ3) is 3.19. The van der Waals surface area contributed by atoms with Crippen molar-refractivity contribution in [2.24, 2.45) is 5.92 Å². The molecule has 1 fully saturated rings. The maximum absolute atomic E-state index is 12.6. The number of carbonyl (C=O) groups excluding carboxylic acids is 1. The van der Waals surface area contributed by atoms with E-state index in [1.54, 1.807) is 0 Å². The van der Waals surface area contributed by atoms with Crippen molar-refractivity contribution in [1.29, 1.82) is 0 Å². The maximum Gasteiger partial charge on any atom is 0.168 e. The Kier molecular flexibility index (Phi) is 4.08. The summed E-state index contributed by atoms with van der Waals surface area (Å²) in [5.74, 6) is 1.44. The molecule has 0 bridgehead atoms. The summed E-state index contributed by atoms with van der Waals surface area (Å²) in [6.07, 6.45) is 4.08. The second-order valence-electron chi connectivity index (χ2n) is 6.99. The first-order valence-electron chi connectivity index (χ1n) is 8.95. The third-order valence-corrected chi connectivity index (χ3v) is 5.08. The number of hydrogen-bond acceptors (Lipinski definition) is 2. The maximum atomic E-state index is 12.6. The van der Waals surface area contributed by atoms with E-state index in [1.165, 1.54) is 11.1 Å². The van der Waals surface area contributed by atoms with Crippen LogP contribution >= 0.6 is 0 Å². The highest BCUT2D eigenvalue weighted by molar-refractivity contribution is 6.09. The summed E-state index contributed by atoms with van der Waals surface area (Å²) in [4.78, 5) is 12.6. The molecular weight excluding hydrogens is 310 g/mol. The van der Waals surface area contributed by atoms with Crippen LogP contribution < -0.4 is 4.74 Å². The van der Waals surface area contributed by atoms with Crippen LogP contribution in [0.1, 0.15) is 34.3 Å². The van der Waals surface area contributed by atoms with Gasteiger partial charge in [0, 0.05) is 28.6 Å². The Morgan fingerprint density at radius 2 is 1.92 bits per heavy atom. The SMILES string of the molecule is Cc1ccc(OCCn2cc(C(=O)C3CC3)c3ccccc32)cc1C. The molecule has 0 N–H and O–H groups in total. The summed E-state index contributed by atoms with van der Waals surface area (Å²) in [5.41, 5.74) is 4.48. The molecule has 3 heteroatoms. The van der Waals surface area contributed by atoms with Crippen LogP contribution in [0.15, 0.2) is 48.7 Å². The molecule has 0 saturated heterocycles. The van der Waals surface area contributed by atoms with E-state index in [0.717, 1.165) is 41.6 Å². The molecule has 1 aliphatic rings. The summed E-state index contributed by atoms with van der Waals surface area (Å²) in [5, 5.41) is 1.06. The number of para-hydroxylation sites is 1. The van der Waals surface area contributed by atoms with Crippen molar-refractivity contribution in [2.45, 2.75) is 33.2 Å². The molecule has 25 heavy (non-hydrogen) atoms. The van der Waals surface area contributed by atoms with Gasteiger partial charge in [0.05, 0.1) is 6.54 Å². The lowest BCUT2D eigenvalue weighted by molar-refractivity contribution is 0.0969. The van der Waals surface area contributed by atoms with Gasteiger partial charge in [-0.1, -0.05) is 24.3 Å². The Labute approximate surface area is 148 Å². The molecule has 128 valence electrons. The van der Waals surface area contributed by atoms with Gasteiger partial charge < -0.3 is 9.30 Å². The first kappa shape index (κ1) is 15.9. The molecule has 0 radical (unpaired) electrons. The molecule has 3 aromatic rings. The fourth-order valence-corrected chi connectivity index (χ4v) is 3.26. The predicted octanol–water partition coefficient (Wildman–Crippen LogP) is 4.93. The molecule has 2 aromatic carbocycles. The van der Waals surface area contributed by atoms with Crippen LogP contribution in [-0.4, -0.2) is 17.0 Å². The molecule has 1 saturated carbocycles. The molecule has 1 heterocycles. The average Bonchev–Trinajstić information content (AvgIpc) is 3.40. The number of fused-ring (bicyclic) bond motifs is 1. The van der Waals surface area contributed by atoms with Crippen molar-refractivity contribution in [1.82, 2.24) is 4.57 Å². The topological polar surface area (TPSA) is 31.2 Å². The molecular formula is C22H23NO2. The zero-order valence-electron chi connectivity index (χ0n) is 14.8. The molecule has 0 aliphatic heterocycles. The van der Waals surface area contributed by atoms with Gasteiger partial charge in [-0.05, 0) is 56.0 Å². The van der Waals surface area contributed by atoms with Crippen molar-refractivity contribution in [3.63, 3.8) is 0 Å². The Morgan fingerprint density at radius 3 is 2.68 bits per heavy atom. The van der Waals surface area contributed by atoms with Crippen LogP contribution in [0.5, 0.6) is 5.75 Å². The number of carbonyl (C=O) groups is 1. The second-order valence-corrected chi connectivity index (χ2v) is 6.99. The molecule has 3 nitrogen and oxygen atoms in total. The number of ketones is 1. The molecule has 0 amide bonds. The van der Waals surface area contributed by atoms with Gasteiger partial charge in [-0.25, -0.2) is 0 Å². The van der Waals surface area contributed by atoms with E-state index in [0.29, 0.717) is 12.4 Å². The Morgan fingerprint density at radius 1 is 1.12 bits per heavy atom. The first-order chi connectivity index (χ1) is 12.1. The second kappa shape index (κ2) is 6.40. The van der Waals surface area contributed by atoms with Gasteiger partial charge in [-0.3, -0.25) is 4.79 Å². The zero-order chi connectivity index (χ0) is 17.4. The molecule has 1 aliphatic carbocycles. The predicted molar refractivity (Wildman–Crippen MR) is 100 cm³/mol. The molecule has 0 spiro atoms. The van der Waals surface area contributed by atoms with Crippen LogP contribution in [0, 0.1) is 19.8 Å². The number of nitrogens with zero attached hydrogens (tertiary/aromatic N) is 1. The van der Waals surface area contributed by atoms with E-state index in [9.17, 15) is 4.79 Å². The van der Waals surface area contributed by atoms with Gasteiger partial charge in [-0.2, -0.15) is 0 Å². The first-order valence-corrected chi connectivity index (χ1v) is 8.95. The largest absolute Gasteiger partial charge is 0.492 e. The molecule has 0 unspecified atom stereocenters. The lowest BCUT2D eigenvalue weighted by atomic mass is 10.1. The minimum Gasteiger partial charge on any atom is -0.492 e. The van der Waals surface area contributed by atoms with Crippen molar-refractivity contribution in [3.8, 4) is 5.75 Å². The smallest absolute Gasteiger partial charge is 0.168 e. The number of Topliss-reactive ketones (excluding diaryl/α,β-unsaturated/α-hetero) is 1. The van der Waals surface area contributed by atoms with Crippen molar-refractivity contribution in [3.05, 3.63) is 65.4 Å². The van der Waals surface area contributed by atoms with E-state index < -0.39 is 0 Å². The summed E-state index contributed by atoms with van der Waals surface area (Å²) in [6.45, 7) is 5.50. The van der Waals surface area contributed by atoms with E-state index in [4.69, 9.17) is 4.74 Å². The van der Waals surface area contributed by atoms with E-state index >= 15 is 0 Å². The van der Waals surface area contributed by atoms with Crippen molar-refractivity contribution < 1.29 is 9.53 Å². The fraction of sp³-hybridized carbons (Fsp3) is 0.318. The van der Waals surface area contributed by atoms with Gasteiger partial charge in [0.25, 0.3) is 0 Å². The number of hydrogen-bond donors (Lipinski definition) is 0. The van der Waals surface area contributed by atoms with Crippen LogP contribution in [0.2, 0.25) is 0 Å². The number of benzene rings is 2. The standard InChI is InChI=1S/C22H23NO2/c1-15-7-10-18(13-16(15)2)25-12-11-23-14-20(22(24)17-8-9-17)19-5-3-4-6-21(19)23/h3-7,10,13-14,17H,8-9,11-12H2,1-2H3. The van der Waals surface area contributed by atoms with Crippen molar-refractivity contribution in [2.75, 3.05) is 6.61 Å².